The van der Waals surface area contributed by atoms with Crippen molar-refractivity contribution in [2.24, 2.45) is 0 Å². The highest BCUT2D eigenvalue weighted by Gasteiger charge is 2.18. The Bertz CT molecular complexity index is 830. The SMILES string of the molecule is CC(=O)c1c(C=CN(C)C)oc2cc(C#N)c(C#N)cc12. The molecule has 21 heavy (non-hydrogen) atoms. The van der Waals surface area contributed by atoms with Crippen LogP contribution in [0.15, 0.2) is 22.7 Å². The Morgan fingerprint density at radius 3 is 2.38 bits per heavy atom. The van der Waals surface area contributed by atoms with Crippen molar-refractivity contribution in [2.45, 2.75) is 6.92 Å². The first-order valence-electron chi connectivity index (χ1n) is 6.24. The maximum absolute atomic E-state index is 11.9. The molecule has 0 bridgehead atoms. The summed E-state index contributed by atoms with van der Waals surface area (Å²) < 4.78 is 5.66. The Kier molecular flexibility index (Phi) is 3.77. The maximum atomic E-state index is 11.9. The summed E-state index contributed by atoms with van der Waals surface area (Å²) in [5, 5.41) is 18.7. The standard InChI is InChI=1S/C16H13N3O2/c1-10(20)16-13-6-11(8-17)12(9-18)7-15(13)21-14(16)4-5-19(2)3/h4-7H,1-3H3. The highest BCUT2D eigenvalue weighted by Crippen LogP contribution is 2.30. The van der Waals surface area contributed by atoms with Gasteiger partial charge in [-0.1, -0.05) is 0 Å². The van der Waals surface area contributed by atoms with Crippen LogP contribution in [-0.4, -0.2) is 24.8 Å². The molecule has 2 aromatic rings. The third-order valence-electron chi connectivity index (χ3n) is 2.97. The Morgan fingerprint density at radius 2 is 1.86 bits per heavy atom. The van der Waals surface area contributed by atoms with Gasteiger partial charge in [-0.25, -0.2) is 0 Å². The van der Waals surface area contributed by atoms with Crippen molar-refractivity contribution in [3.63, 3.8) is 0 Å². The third kappa shape index (κ3) is 2.63. The van der Waals surface area contributed by atoms with Crippen LogP contribution in [-0.2, 0) is 0 Å². The van der Waals surface area contributed by atoms with Crippen LogP contribution in [0.3, 0.4) is 0 Å². The summed E-state index contributed by atoms with van der Waals surface area (Å²) in [5.74, 6) is 0.269. The van der Waals surface area contributed by atoms with Crippen LogP contribution in [0.4, 0.5) is 0 Å². The predicted molar refractivity (Wildman–Crippen MR) is 78.4 cm³/mol. The van der Waals surface area contributed by atoms with E-state index in [1.54, 1.807) is 12.3 Å². The maximum Gasteiger partial charge on any atom is 0.164 e. The summed E-state index contributed by atoms with van der Waals surface area (Å²) in [5.41, 5.74) is 1.31. The summed E-state index contributed by atoms with van der Waals surface area (Å²) in [6.45, 7) is 1.45. The van der Waals surface area contributed by atoms with Crippen LogP contribution in [0.2, 0.25) is 0 Å². The number of nitriles is 2. The van der Waals surface area contributed by atoms with E-state index in [0.29, 0.717) is 22.3 Å². The van der Waals surface area contributed by atoms with E-state index in [2.05, 4.69) is 0 Å². The zero-order valence-corrected chi connectivity index (χ0v) is 12.0. The number of hydrogen-bond acceptors (Lipinski definition) is 5. The number of hydrogen-bond donors (Lipinski definition) is 0. The van der Waals surface area contributed by atoms with Crippen LogP contribution in [0.5, 0.6) is 0 Å². The van der Waals surface area contributed by atoms with Crippen molar-refractivity contribution < 1.29 is 9.21 Å². The van der Waals surface area contributed by atoms with E-state index in [-0.39, 0.29) is 16.9 Å². The highest BCUT2D eigenvalue weighted by atomic mass is 16.3. The van der Waals surface area contributed by atoms with E-state index < -0.39 is 0 Å². The number of carbonyl (C=O) groups excluding carboxylic acids is 1. The van der Waals surface area contributed by atoms with E-state index in [1.807, 2.05) is 31.1 Å². The van der Waals surface area contributed by atoms with Crippen LogP contribution in [0.25, 0.3) is 17.0 Å². The van der Waals surface area contributed by atoms with Gasteiger partial charge in [0.1, 0.15) is 23.5 Å². The Balaban J connectivity index is 2.78. The molecule has 0 atom stereocenters. The van der Waals surface area contributed by atoms with Gasteiger partial charge in [-0.05, 0) is 19.1 Å². The molecule has 0 amide bonds. The minimum Gasteiger partial charge on any atom is -0.456 e. The van der Waals surface area contributed by atoms with E-state index in [1.165, 1.54) is 19.1 Å². The summed E-state index contributed by atoms with van der Waals surface area (Å²) in [6.07, 6.45) is 3.45. The monoisotopic (exact) mass is 279 g/mol. The van der Waals surface area contributed by atoms with Crippen LogP contribution < -0.4 is 0 Å². The molecule has 5 heteroatoms. The molecule has 0 aliphatic heterocycles. The molecule has 1 heterocycles. The lowest BCUT2D eigenvalue weighted by molar-refractivity contribution is 0.101. The quantitative estimate of drug-likeness (QED) is 0.807. The van der Waals surface area contributed by atoms with Gasteiger partial charge in [0, 0.05) is 31.7 Å². The van der Waals surface area contributed by atoms with Gasteiger partial charge in [0.25, 0.3) is 0 Å². The Hall–Kier alpha value is -3.05. The molecule has 0 fully saturated rings. The molecular formula is C16H13N3O2. The van der Waals surface area contributed by atoms with E-state index in [0.717, 1.165) is 0 Å². The van der Waals surface area contributed by atoms with Crippen molar-refractivity contribution in [2.75, 3.05) is 14.1 Å². The van der Waals surface area contributed by atoms with E-state index >= 15 is 0 Å². The molecule has 0 unspecified atom stereocenters. The number of rotatable bonds is 3. The van der Waals surface area contributed by atoms with Gasteiger partial charge in [0.2, 0.25) is 0 Å². The van der Waals surface area contributed by atoms with Crippen molar-refractivity contribution in [1.29, 1.82) is 10.5 Å². The number of benzene rings is 1. The van der Waals surface area contributed by atoms with Crippen molar-refractivity contribution in [1.82, 2.24) is 4.90 Å². The molecule has 0 aliphatic rings. The lowest BCUT2D eigenvalue weighted by atomic mass is 10.0. The van der Waals surface area contributed by atoms with Gasteiger partial charge in [-0.15, -0.1) is 0 Å². The fourth-order valence-corrected chi connectivity index (χ4v) is 2.04. The molecule has 0 N–H and O–H groups in total. The zero-order valence-electron chi connectivity index (χ0n) is 12.0. The first kappa shape index (κ1) is 14.4. The summed E-state index contributed by atoms with van der Waals surface area (Å²) in [6, 6.07) is 6.94. The molecule has 2 rings (SSSR count). The molecule has 0 saturated heterocycles. The lowest BCUT2D eigenvalue weighted by Gasteiger charge is -2.02. The first-order chi connectivity index (χ1) is 9.97. The zero-order chi connectivity index (χ0) is 15.6. The summed E-state index contributed by atoms with van der Waals surface area (Å²) in [7, 11) is 3.71. The number of Topliss-reactive ketones (excluding diaryl/α,β-unsaturated/α-hetero) is 1. The number of ketones is 1. The second kappa shape index (κ2) is 5.52. The molecule has 104 valence electrons. The van der Waals surface area contributed by atoms with Gasteiger partial charge < -0.3 is 9.32 Å². The summed E-state index contributed by atoms with van der Waals surface area (Å²) >= 11 is 0. The number of fused-ring (bicyclic) bond motifs is 1. The molecule has 0 radical (unpaired) electrons. The lowest BCUT2D eigenvalue weighted by Crippen LogP contribution is -2.00. The van der Waals surface area contributed by atoms with Crippen molar-refractivity contribution in [3.05, 3.63) is 40.8 Å². The first-order valence-corrected chi connectivity index (χ1v) is 6.24. The molecular weight excluding hydrogens is 266 g/mol. The van der Waals surface area contributed by atoms with Gasteiger partial charge >= 0.3 is 0 Å². The average molecular weight is 279 g/mol. The summed E-state index contributed by atoms with van der Waals surface area (Å²) in [4.78, 5) is 13.7. The predicted octanol–water partition coefficient (Wildman–Crippen LogP) is 2.91. The molecule has 1 aromatic heterocycles. The molecule has 0 spiro atoms. The topological polar surface area (TPSA) is 81.0 Å². The minimum atomic E-state index is -0.152. The second-order valence-corrected chi connectivity index (χ2v) is 4.79. The van der Waals surface area contributed by atoms with Crippen LogP contribution in [0, 0.1) is 22.7 Å². The van der Waals surface area contributed by atoms with Crippen LogP contribution in [0.1, 0.15) is 34.2 Å². The Labute approximate surface area is 122 Å². The van der Waals surface area contributed by atoms with E-state index in [9.17, 15) is 4.79 Å². The van der Waals surface area contributed by atoms with Crippen molar-refractivity contribution >= 4 is 22.8 Å². The molecule has 0 aliphatic carbocycles. The Morgan fingerprint density at radius 1 is 1.24 bits per heavy atom. The van der Waals surface area contributed by atoms with Crippen LogP contribution >= 0.6 is 0 Å². The highest BCUT2D eigenvalue weighted by molar-refractivity contribution is 6.09. The normalized spacial score (nSPS) is 10.5. The molecule has 1 aromatic carbocycles. The van der Waals surface area contributed by atoms with Gasteiger partial charge in [-0.2, -0.15) is 10.5 Å². The third-order valence-corrected chi connectivity index (χ3v) is 2.97. The fourth-order valence-electron chi connectivity index (χ4n) is 2.04. The molecule has 0 saturated carbocycles. The number of furan rings is 1. The van der Waals surface area contributed by atoms with Crippen molar-refractivity contribution in [3.8, 4) is 12.1 Å². The smallest absolute Gasteiger partial charge is 0.164 e. The number of carbonyl (C=O) groups is 1. The van der Waals surface area contributed by atoms with Gasteiger partial charge in [0.05, 0.1) is 16.7 Å². The largest absolute Gasteiger partial charge is 0.456 e. The fraction of sp³-hybridized carbons (Fsp3) is 0.188. The number of nitrogens with zero attached hydrogens (tertiary/aromatic N) is 3. The minimum absolute atomic E-state index is 0.152. The van der Waals surface area contributed by atoms with Gasteiger partial charge in [0.15, 0.2) is 5.78 Å². The van der Waals surface area contributed by atoms with E-state index in [4.69, 9.17) is 14.9 Å². The second-order valence-electron chi connectivity index (χ2n) is 4.79. The molecule has 5 nitrogen and oxygen atoms in total. The van der Waals surface area contributed by atoms with Gasteiger partial charge in [-0.3, -0.25) is 4.79 Å². The average Bonchev–Trinajstić information content (AvgIpc) is 2.80.